The highest BCUT2D eigenvalue weighted by Gasteiger charge is 2.55. The van der Waals surface area contributed by atoms with Crippen LogP contribution in [0.1, 0.15) is 78.8 Å². The topological polar surface area (TPSA) is 203 Å². The van der Waals surface area contributed by atoms with Gasteiger partial charge in [0, 0.05) is 82.8 Å². The van der Waals surface area contributed by atoms with E-state index in [1.807, 2.05) is 60.0 Å². The van der Waals surface area contributed by atoms with E-state index in [0.29, 0.717) is 105 Å². The number of H-pyrrole nitrogens is 2. The number of benzene rings is 2. The van der Waals surface area contributed by atoms with Crippen molar-refractivity contribution in [2.75, 3.05) is 91.7 Å². The molecule has 2 saturated heterocycles. The summed E-state index contributed by atoms with van der Waals surface area (Å²) in [6, 6.07) is 14.6. The summed E-state index contributed by atoms with van der Waals surface area (Å²) in [7, 11) is 6.70. The molecule has 68 heavy (non-hydrogen) atoms. The second-order valence-corrected chi connectivity index (χ2v) is 18.2. The molecule has 10 rings (SSSR count). The first-order valence-corrected chi connectivity index (χ1v) is 23.6. The first kappa shape index (κ1) is 46.5. The summed E-state index contributed by atoms with van der Waals surface area (Å²) in [6.45, 7) is 9.62. The lowest BCUT2D eigenvalue weighted by Gasteiger charge is -2.33. The van der Waals surface area contributed by atoms with Gasteiger partial charge in [0.1, 0.15) is 22.8 Å². The summed E-state index contributed by atoms with van der Waals surface area (Å²) in [6.07, 6.45) is 10.2. The fraction of sp³-hybridized carbons (Fsp3) is 0.480. The molecule has 6 heterocycles. The lowest BCUT2D eigenvalue weighted by molar-refractivity contribution is 0.0644. The second kappa shape index (κ2) is 19.9. The van der Waals surface area contributed by atoms with Crippen molar-refractivity contribution >= 4 is 57.2 Å². The number of carbonyl (C=O) groups is 2. The number of piperidine rings is 2. The van der Waals surface area contributed by atoms with Crippen LogP contribution in [-0.2, 0) is 9.47 Å². The van der Waals surface area contributed by atoms with E-state index in [4.69, 9.17) is 28.4 Å². The summed E-state index contributed by atoms with van der Waals surface area (Å²) in [5.74, 6) is 4.25. The number of nitrogens with zero attached hydrogens (tertiary/aromatic N) is 6. The number of amides is 2. The van der Waals surface area contributed by atoms with E-state index < -0.39 is 0 Å². The average molecular weight is 939 g/mol. The van der Waals surface area contributed by atoms with E-state index in [0.717, 1.165) is 75.8 Å². The SMILES string of the molecule is CCOc1nc(Nc2ccc(C(=O)N3CCC4(CC3)CC4COC)cc2OC)nc2[nH]ccc12.CCOc1nc(Nc2ccc(C(=O)N3CCC4(CC3)CC4COC)cc2OC)nc2[nH]ccc12.[HH].[HH].[HH].[HH]. The molecule has 6 aromatic rings. The molecule has 0 bridgehead atoms. The minimum atomic E-state index is 0. The summed E-state index contributed by atoms with van der Waals surface area (Å²) < 4.78 is 33.2. The number of aromatic amines is 2. The molecule has 2 aliphatic carbocycles. The average Bonchev–Trinajstić information content (AvgIpc) is 3.96. The molecule has 18 heteroatoms. The quantitative estimate of drug-likeness (QED) is 0.0716. The number of carbonyl (C=O) groups excluding carboxylic acids is 2. The Kier molecular flexibility index (Phi) is 13.6. The van der Waals surface area contributed by atoms with E-state index in [-0.39, 0.29) is 17.5 Å². The predicted octanol–water partition coefficient (Wildman–Crippen LogP) is 8.98. The van der Waals surface area contributed by atoms with Gasteiger partial charge >= 0.3 is 0 Å². The molecule has 2 unspecified atom stereocenters. The number of methoxy groups -OCH3 is 4. The van der Waals surface area contributed by atoms with Crippen LogP contribution >= 0.6 is 0 Å². The summed E-state index contributed by atoms with van der Waals surface area (Å²) in [5.41, 5.74) is 4.70. The molecule has 2 saturated carbocycles. The van der Waals surface area contributed by atoms with Gasteiger partial charge in [-0.2, -0.15) is 19.9 Å². The Morgan fingerprint density at radius 2 is 1.04 bits per heavy atom. The van der Waals surface area contributed by atoms with Gasteiger partial charge in [-0.3, -0.25) is 9.59 Å². The van der Waals surface area contributed by atoms with Gasteiger partial charge in [0.05, 0.1) is 49.6 Å². The number of hydrogen-bond donors (Lipinski definition) is 4. The Morgan fingerprint density at radius 3 is 1.41 bits per heavy atom. The zero-order chi connectivity index (χ0) is 47.4. The van der Waals surface area contributed by atoms with Crippen LogP contribution in [0.2, 0.25) is 0 Å². The molecule has 4 fully saturated rings. The molecule has 2 aliphatic heterocycles. The number of likely N-dealkylation sites (tertiary alicyclic amines) is 2. The van der Waals surface area contributed by atoms with Crippen LogP contribution in [-0.4, -0.2) is 133 Å². The van der Waals surface area contributed by atoms with Gasteiger partial charge in [0.25, 0.3) is 11.8 Å². The number of anilines is 4. The summed E-state index contributed by atoms with van der Waals surface area (Å²) in [5, 5.41) is 8.05. The van der Waals surface area contributed by atoms with Crippen LogP contribution in [0.5, 0.6) is 23.3 Å². The monoisotopic (exact) mass is 939 g/mol. The van der Waals surface area contributed by atoms with Gasteiger partial charge in [-0.1, -0.05) is 0 Å². The van der Waals surface area contributed by atoms with E-state index in [9.17, 15) is 9.59 Å². The third-order valence-electron chi connectivity index (χ3n) is 14.3. The normalized spacial score (nSPS) is 18.8. The summed E-state index contributed by atoms with van der Waals surface area (Å²) in [4.78, 5) is 54.5. The lowest BCUT2D eigenvalue weighted by Crippen LogP contribution is -2.39. The van der Waals surface area contributed by atoms with Crippen molar-refractivity contribution in [1.29, 1.82) is 0 Å². The first-order chi connectivity index (χ1) is 33.1. The molecule has 2 aromatic carbocycles. The maximum absolute atomic E-state index is 13.2. The Balaban J connectivity index is 0.000000253. The Hall–Kier alpha value is -6.66. The van der Waals surface area contributed by atoms with Gasteiger partial charge in [0.2, 0.25) is 23.7 Å². The predicted molar refractivity (Wildman–Crippen MR) is 266 cm³/mol. The molecule has 4 N–H and O–H groups in total. The highest BCUT2D eigenvalue weighted by atomic mass is 16.5. The smallest absolute Gasteiger partial charge is 0.253 e. The fourth-order valence-electron chi connectivity index (χ4n) is 10.2. The molecule has 2 atom stereocenters. The van der Waals surface area contributed by atoms with Gasteiger partial charge in [-0.25, -0.2) is 0 Å². The number of fused-ring (bicyclic) bond motifs is 2. The number of aromatic nitrogens is 6. The molecule has 18 nitrogen and oxygen atoms in total. The van der Waals surface area contributed by atoms with Crippen molar-refractivity contribution < 1.29 is 43.7 Å². The van der Waals surface area contributed by atoms with Gasteiger partial charge in [0.15, 0.2) is 0 Å². The fourth-order valence-corrected chi connectivity index (χ4v) is 10.2. The molecule has 368 valence electrons. The van der Waals surface area contributed by atoms with Crippen LogP contribution in [0.15, 0.2) is 60.9 Å². The van der Waals surface area contributed by atoms with Crippen molar-refractivity contribution in [1.82, 2.24) is 39.7 Å². The maximum atomic E-state index is 13.2. The van der Waals surface area contributed by atoms with Crippen LogP contribution in [0.4, 0.5) is 23.3 Å². The number of nitrogens with one attached hydrogen (secondary N) is 4. The standard InChI is InChI=1S/2C25H31N5O4.4H2/c2*1-4-34-22-18-7-10-26-21(18)28-24(29-22)27-19-6-5-16(13-20(19)33-3)23(31)30-11-8-25(9-12-30)14-17(25)15-32-2;;;;/h2*5-7,10,13,17H,4,8-9,11-12,14-15H2,1-3H3,(H2,26,27,28,29);4*1H. The van der Waals surface area contributed by atoms with E-state index in [2.05, 4.69) is 40.5 Å². The highest BCUT2D eigenvalue weighted by molar-refractivity contribution is 5.96. The summed E-state index contributed by atoms with van der Waals surface area (Å²) >= 11 is 0. The minimum Gasteiger partial charge on any atom is -0.495 e. The van der Waals surface area contributed by atoms with Crippen molar-refractivity contribution in [3.05, 3.63) is 72.1 Å². The van der Waals surface area contributed by atoms with Crippen LogP contribution in [0.3, 0.4) is 0 Å². The molecular weight excluding hydrogens is 869 g/mol. The Bertz CT molecular complexity index is 2580. The molecule has 4 aromatic heterocycles. The number of ether oxygens (including phenoxy) is 6. The molecular formula is C50H70N10O8. The zero-order valence-corrected chi connectivity index (χ0v) is 39.8. The van der Waals surface area contributed by atoms with Crippen molar-refractivity contribution in [2.24, 2.45) is 22.7 Å². The Morgan fingerprint density at radius 1 is 0.632 bits per heavy atom. The second-order valence-electron chi connectivity index (χ2n) is 18.2. The third-order valence-corrected chi connectivity index (χ3v) is 14.3. The Labute approximate surface area is 401 Å². The first-order valence-electron chi connectivity index (χ1n) is 23.6. The van der Waals surface area contributed by atoms with Gasteiger partial charge in [-0.05, 0) is 124 Å². The van der Waals surface area contributed by atoms with Crippen LogP contribution in [0, 0.1) is 22.7 Å². The molecule has 2 amide bonds. The van der Waals surface area contributed by atoms with E-state index in [1.165, 1.54) is 12.8 Å². The highest BCUT2D eigenvalue weighted by Crippen LogP contribution is 2.60. The zero-order valence-electron chi connectivity index (χ0n) is 39.8. The van der Waals surface area contributed by atoms with Crippen LogP contribution in [0.25, 0.3) is 22.1 Å². The van der Waals surface area contributed by atoms with E-state index in [1.54, 1.807) is 53.0 Å². The van der Waals surface area contributed by atoms with Crippen LogP contribution < -0.4 is 29.6 Å². The number of rotatable bonds is 16. The van der Waals surface area contributed by atoms with Gasteiger partial charge < -0.3 is 58.8 Å². The largest absolute Gasteiger partial charge is 0.495 e. The van der Waals surface area contributed by atoms with Crippen molar-refractivity contribution in [3.8, 4) is 23.3 Å². The number of hydrogen-bond acceptors (Lipinski definition) is 14. The third kappa shape index (κ3) is 9.56. The molecule has 2 spiro atoms. The van der Waals surface area contributed by atoms with Crippen molar-refractivity contribution in [3.63, 3.8) is 0 Å². The molecule has 0 radical (unpaired) electrons. The van der Waals surface area contributed by atoms with Gasteiger partial charge in [-0.15, -0.1) is 0 Å². The lowest BCUT2D eigenvalue weighted by atomic mass is 9.90. The molecule has 4 aliphatic rings. The van der Waals surface area contributed by atoms with Crippen molar-refractivity contribution in [2.45, 2.75) is 52.4 Å². The maximum Gasteiger partial charge on any atom is 0.253 e. The minimum absolute atomic E-state index is 0. The van der Waals surface area contributed by atoms with E-state index >= 15 is 0 Å².